The van der Waals surface area contributed by atoms with Gasteiger partial charge in [0.25, 0.3) is 0 Å². The number of hydrogen-bond acceptors (Lipinski definition) is 2. The molecule has 0 fully saturated rings. The Morgan fingerprint density at radius 1 is 1.46 bits per heavy atom. The van der Waals surface area contributed by atoms with Crippen LogP contribution in [0.3, 0.4) is 0 Å². The SMILES string of the molecule is CCC(CNC(C)C)n1ccnc1. The molecule has 3 nitrogen and oxygen atoms in total. The van der Waals surface area contributed by atoms with Crippen molar-refractivity contribution in [3.8, 4) is 0 Å². The van der Waals surface area contributed by atoms with Crippen LogP contribution >= 0.6 is 0 Å². The maximum absolute atomic E-state index is 4.05. The van der Waals surface area contributed by atoms with Crippen molar-refractivity contribution >= 4 is 0 Å². The Morgan fingerprint density at radius 3 is 2.69 bits per heavy atom. The summed E-state index contributed by atoms with van der Waals surface area (Å²) in [4.78, 5) is 4.05. The lowest BCUT2D eigenvalue weighted by Gasteiger charge is -2.18. The molecule has 1 rings (SSSR count). The summed E-state index contributed by atoms with van der Waals surface area (Å²) in [6.07, 6.45) is 6.88. The van der Waals surface area contributed by atoms with Crippen molar-refractivity contribution in [2.24, 2.45) is 0 Å². The van der Waals surface area contributed by atoms with Crippen molar-refractivity contribution in [3.05, 3.63) is 18.7 Å². The minimum atomic E-state index is 0.532. The molecule has 0 aliphatic carbocycles. The summed E-state index contributed by atoms with van der Waals surface area (Å²) in [6, 6.07) is 1.09. The molecule has 1 aromatic rings. The van der Waals surface area contributed by atoms with E-state index in [1.807, 2.05) is 18.7 Å². The van der Waals surface area contributed by atoms with E-state index in [2.05, 4.69) is 35.6 Å². The molecular weight excluding hydrogens is 162 g/mol. The van der Waals surface area contributed by atoms with E-state index in [1.165, 1.54) is 0 Å². The predicted octanol–water partition coefficient (Wildman–Crippen LogP) is 1.83. The number of nitrogens with zero attached hydrogens (tertiary/aromatic N) is 2. The molecule has 0 bridgehead atoms. The third kappa shape index (κ3) is 3.19. The number of hydrogen-bond donors (Lipinski definition) is 1. The average molecular weight is 181 g/mol. The van der Waals surface area contributed by atoms with Gasteiger partial charge in [0.05, 0.1) is 6.33 Å². The highest BCUT2D eigenvalue weighted by atomic mass is 15.1. The smallest absolute Gasteiger partial charge is 0.0948 e. The van der Waals surface area contributed by atoms with Crippen LogP contribution in [0.15, 0.2) is 18.7 Å². The molecule has 0 amide bonds. The fourth-order valence-electron chi connectivity index (χ4n) is 1.32. The van der Waals surface area contributed by atoms with E-state index in [0.717, 1.165) is 13.0 Å². The first-order valence-electron chi connectivity index (χ1n) is 4.94. The van der Waals surface area contributed by atoms with Gasteiger partial charge in [-0.3, -0.25) is 0 Å². The zero-order chi connectivity index (χ0) is 9.68. The Kier molecular flexibility index (Phi) is 3.96. The number of nitrogens with one attached hydrogen (secondary N) is 1. The van der Waals surface area contributed by atoms with Crippen molar-refractivity contribution in [2.75, 3.05) is 6.54 Å². The van der Waals surface area contributed by atoms with Crippen LogP contribution in [0.4, 0.5) is 0 Å². The number of imidazole rings is 1. The summed E-state index contributed by atoms with van der Waals surface area (Å²) in [6.45, 7) is 7.55. The molecule has 0 aliphatic heterocycles. The van der Waals surface area contributed by atoms with E-state index in [-0.39, 0.29) is 0 Å². The lowest BCUT2D eigenvalue weighted by atomic mass is 10.2. The van der Waals surface area contributed by atoms with E-state index < -0.39 is 0 Å². The highest BCUT2D eigenvalue weighted by Gasteiger charge is 2.07. The first-order chi connectivity index (χ1) is 6.24. The average Bonchev–Trinajstić information content (AvgIpc) is 2.58. The van der Waals surface area contributed by atoms with Gasteiger partial charge in [-0.15, -0.1) is 0 Å². The van der Waals surface area contributed by atoms with Crippen molar-refractivity contribution in [3.63, 3.8) is 0 Å². The van der Waals surface area contributed by atoms with Crippen LogP contribution in [0, 0.1) is 0 Å². The maximum atomic E-state index is 4.05. The van der Waals surface area contributed by atoms with Gasteiger partial charge < -0.3 is 9.88 Å². The Bertz CT molecular complexity index is 216. The monoisotopic (exact) mass is 181 g/mol. The standard InChI is InChI=1S/C10H19N3/c1-4-10(7-12-9(2)3)13-6-5-11-8-13/h5-6,8-10,12H,4,7H2,1-3H3. The van der Waals surface area contributed by atoms with Gasteiger partial charge in [0.15, 0.2) is 0 Å². The summed E-state index contributed by atoms with van der Waals surface area (Å²) in [7, 11) is 0. The van der Waals surface area contributed by atoms with Crippen LogP contribution in [0.25, 0.3) is 0 Å². The van der Waals surface area contributed by atoms with Gasteiger partial charge in [0.2, 0.25) is 0 Å². The minimum Gasteiger partial charge on any atom is -0.333 e. The Hall–Kier alpha value is -0.830. The van der Waals surface area contributed by atoms with Crippen molar-refractivity contribution in [1.82, 2.24) is 14.9 Å². The molecule has 1 aromatic heterocycles. The summed E-state index contributed by atoms with van der Waals surface area (Å²) in [5.41, 5.74) is 0. The van der Waals surface area contributed by atoms with Crippen LogP contribution in [0.2, 0.25) is 0 Å². The molecule has 0 aliphatic rings. The van der Waals surface area contributed by atoms with Crippen LogP contribution in [0.5, 0.6) is 0 Å². The van der Waals surface area contributed by atoms with Gasteiger partial charge in [-0.05, 0) is 6.42 Å². The van der Waals surface area contributed by atoms with E-state index in [0.29, 0.717) is 12.1 Å². The summed E-state index contributed by atoms with van der Waals surface area (Å²) in [5, 5.41) is 3.44. The molecule has 0 aromatic carbocycles. The molecule has 0 saturated heterocycles. The third-order valence-corrected chi connectivity index (χ3v) is 2.18. The molecule has 1 atom stereocenters. The second kappa shape index (κ2) is 5.02. The molecule has 1 unspecified atom stereocenters. The predicted molar refractivity (Wildman–Crippen MR) is 54.7 cm³/mol. The van der Waals surface area contributed by atoms with Crippen molar-refractivity contribution in [2.45, 2.75) is 39.3 Å². The fraction of sp³-hybridized carbons (Fsp3) is 0.700. The van der Waals surface area contributed by atoms with Gasteiger partial charge in [0.1, 0.15) is 0 Å². The van der Waals surface area contributed by atoms with E-state index >= 15 is 0 Å². The highest BCUT2D eigenvalue weighted by Crippen LogP contribution is 2.08. The van der Waals surface area contributed by atoms with Crippen LogP contribution < -0.4 is 5.32 Å². The van der Waals surface area contributed by atoms with Crippen LogP contribution in [0.1, 0.15) is 33.2 Å². The molecule has 1 N–H and O–H groups in total. The molecule has 0 spiro atoms. The quantitative estimate of drug-likeness (QED) is 0.751. The molecule has 74 valence electrons. The first kappa shape index (κ1) is 10.3. The molecule has 1 heterocycles. The van der Waals surface area contributed by atoms with E-state index in [9.17, 15) is 0 Å². The fourth-order valence-corrected chi connectivity index (χ4v) is 1.32. The Labute approximate surface area is 80.2 Å². The van der Waals surface area contributed by atoms with Gasteiger partial charge in [-0.1, -0.05) is 20.8 Å². The zero-order valence-electron chi connectivity index (χ0n) is 8.70. The van der Waals surface area contributed by atoms with Crippen molar-refractivity contribution in [1.29, 1.82) is 0 Å². The summed E-state index contributed by atoms with van der Waals surface area (Å²) >= 11 is 0. The summed E-state index contributed by atoms with van der Waals surface area (Å²) < 4.78 is 2.16. The zero-order valence-corrected chi connectivity index (χ0v) is 8.70. The van der Waals surface area contributed by atoms with Crippen LogP contribution in [-0.2, 0) is 0 Å². The van der Waals surface area contributed by atoms with Crippen LogP contribution in [-0.4, -0.2) is 22.1 Å². The molecule has 0 saturated carbocycles. The highest BCUT2D eigenvalue weighted by molar-refractivity contribution is 4.81. The molecule has 0 radical (unpaired) electrons. The molecular formula is C10H19N3. The van der Waals surface area contributed by atoms with Crippen molar-refractivity contribution < 1.29 is 0 Å². The van der Waals surface area contributed by atoms with E-state index in [1.54, 1.807) is 0 Å². The molecule has 13 heavy (non-hydrogen) atoms. The largest absolute Gasteiger partial charge is 0.333 e. The number of rotatable bonds is 5. The third-order valence-electron chi connectivity index (χ3n) is 2.18. The minimum absolute atomic E-state index is 0.532. The number of aromatic nitrogens is 2. The second-order valence-corrected chi connectivity index (χ2v) is 3.63. The molecule has 3 heteroatoms. The van der Waals surface area contributed by atoms with Gasteiger partial charge in [0, 0.05) is 31.0 Å². The lowest BCUT2D eigenvalue weighted by Crippen LogP contribution is -2.29. The van der Waals surface area contributed by atoms with Gasteiger partial charge in [-0.25, -0.2) is 4.98 Å². The second-order valence-electron chi connectivity index (χ2n) is 3.63. The first-order valence-corrected chi connectivity index (χ1v) is 4.94. The van der Waals surface area contributed by atoms with Gasteiger partial charge in [-0.2, -0.15) is 0 Å². The maximum Gasteiger partial charge on any atom is 0.0948 e. The Morgan fingerprint density at radius 2 is 2.23 bits per heavy atom. The normalized spacial score (nSPS) is 13.5. The van der Waals surface area contributed by atoms with E-state index in [4.69, 9.17) is 0 Å². The summed E-state index contributed by atoms with van der Waals surface area (Å²) in [5.74, 6) is 0. The topological polar surface area (TPSA) is 29.9 Å². The van der Waals surface area contributed by atoms with Gasteiger partial charge >= 0.3 is 0 Å². The lowest BCUT2D eigenvalue weighted by molar-refractivity contribution is 0.426. The Balaban J connectivity index is 2.44.